The van der Waals surface area contributed by atoms with Gasteiger partial charge in [0.05, 0.1) is 5.69 Å². The number of benzene rings is 2. The molecule has 0 fully saturated rings. The summed E-state index contributed by atoms with van der Waals surface area (Å²) in [6.45, 7) is 6.79. The van der Waals surface area contributed by atoms with Gasteiger partial charge in [0.1, 0.15) is 4.88 Å². The monoisotopic (exact) mass is 362 g/mol. The number of nitrogens with zero attached hydrogens (tertiary/aromatic N) is 1. The molecule has 0 saturated carbocycles. The molecule has 1 unspecified atom stereocenters. The van der Waals surface area contributed by atoms with Gasteiger partial charge in [-0.3, -0.25) is 4.79 Å². The third kappa shape index (κ3) is 2.95. The summed E-state index contributed by atoms with van der Waals surface area (Å²) in [5, 5.41) is 3.12. The number of anilines is 1. The van der Waals surface area contributed by atoms with Crippen LogP contribution in [-0.2, 0) is 5.41 Å². The zero-order chi connectivity index (χ0) is 18.3. The Morgan fingerprint density at radius 1 is 1.15 bits per heavy atom. The van der Waals surface area contributed by atoms with Gasteiger partial charge in [0.2, 0.25) is 0 Å². The minimum Gasteiger partial charge on any atom is -0.321 e. The molecule has 132 valence electrons. The summed E-state index contributed by atoms with van der Waals surface area (Å²) in [4.78, 5) is 13.4. The molecule has 1 aromatic heterocycles. The third-order valence-corrected chi connectivity index (χ3v) is 5.98. The molecule has 3 nitrogen and oxygen atoms in total. The van der Waals surface area contributed by atoms with Gasteiger partial charge in [0, 0.05) is 11.3 Å². The van der Waals surface area contributed by atoms with Crippen molar-refractivity contribution in [3.05, 3.63) is 70.6 Å². The molecule has 1 amide bonds. The number of amides is 1. The van der Waals surface area contributed by atoms with Crippen LogP contribution in [0, 0.1) is 0 Å². The van der Waals surface area contributed by atoms with Gasteiger partial charge in [-0.05, 0) is 52.5 Å². The molecule has 1 heterocycles. The Hall–Kier alpha value is -2.46. The van der Waals surface area contributed by atoms with Crippen LogP contribution in [0.1, 0.15) is 53.9 Å². The van der Waals surface area contributed by atoms with E-state index in [4.69, 9.17) is 0 Å². The van der Waals surface area contributed by atoms with Crippen molar-refractivity contribution >= 4 is 23.1 Å². The SMILES string of the molecule is CC1CC(C)(C)c2cccc(NC(=O)c3cc(-c4ccccc4)ns3)c21. The van der Waals surface area contributed by atoms with E-state index in [-0.39, 0.29) is 11.3 Å². The summed E-state index contributed by atoms with van der Waals surface area (Å²) in [6.07, 6.45) is 1.11. The normalized spacial score (nSPS) is 17.7. The van der Waals surface area contributed by atoms with Crippen molar-refractivity contribution in [2.24, 2.45) is 0 Å². The van der Waals surface area contributed by atoms with E-state index < -0.39 is 0 Å². The van der Waals surface area contributed by atoms with Crippen molar-refractivity contribution in [3.8, 4) is 11.3 Å². The molecular formula is C22H22N2OS. The molecule has 26 heavy (non-hydrogen) atoms. The van der Waals surface area contributed by atoms with Crippen LogP contribution in [0.4, 0.5) is 5.69 Å². The number of carbonyl (C=O) groups excluding carboxylic acids is 1. The van der Waals surface area contributed by atoms with Crippen molar-refractivity contribution in [1.29, 1.82) is 0 Å². The van der Waals surface area contributed by atoms with Crippen LogP contribution in [-0.4, -0.2) is 10.3 Å². The molecule has 2 aromatic carbocycles. The molecular weight excluding hydrogens is 340 g/mol. The highest BCUT2D eigenvalue weighted by molar-refractivity contribution is 7.08. The highest BCUT2D eigenvalue weighted by Gasteiger charge is 2.36. The first-order valence-electron chi connectivity index (χ1n) is 8.92. The molecule has 1 N–H and O–H groups in total. The van der Waals surface area contributed by atoms with Crippen LogP contribution in [0.2, 0.25) is 0 Å². The van der Waals surface area contributed by atoms with Gasteiger partial charge in [-0.25, -0.2) is 0 Å². The Morgan fingerprint density at radius 2 is 1.92 bits per heavy atom. The lowest BCUT2D eigenvalue weighted by molar-refractivity contribution is 0.103. The predicted molar refractivity (Wildman–Crippen MR) is 108 cm³/mol. The second kappa shape index (κ2) is 6.36. The average molecular weight is 362 g/mol. The van der Waals surface area contributed by atoms with E-state index in [1.165, 1.54) is 22.7 Å². The number of aromatic nitrogens is 1. The topological polar surface area (TPSA) is 42.0 Å². The fourth-order valence-electron chi connectivity index (χ4n) is 4.08. The number of carbonyl (C=O) groups is 1. The number of hydrogen-bond acceptors (Lipinski definition) is 3. The van der Waals surface area contributed by atoms with E-state index in [1.54, 1.807) is 0 Å². The smallest absolute Gasteiger partial charge is 0.267 e. The zero-order valence-electron chi connectivity index (χ0n) is 15.2. The van der Waals surface area contributed by atoms with Gasteiger partial charge in [-0.15, -0.1) is 0 Å². The van der Waals surface area contributed by atoms with Gasteiger partial charge in [0.25, 0.3) is 5.91 Å². The van der Waals surface area contributed by atoms with E-state index >= 15 is 0 Å². The average Bonchev–Trinajstić information content (AvgIpc) is 3.20. The summed E-state index contributed by atoms with van der Waals surface area (Å²) in [5.74, 6) is 0.354. The minimum atomic E-state index is -0.0880. The maximum Gasteiger partial charge on any atom is 0.267 e. The maximum absolute atomic E-state index is 12.8. The molecule has 0 spiro atoms. The lowest BCUT2D eigenvalue weighted by Gasteiger charge is -2.19. The molecule has 3 aromatic rings. The molecule has 4 heteroatoms. The Kier molecular flexibility index (Phi) is 4.16. The van der Waals surface area contributed by atoms with E-state index in [1.807, 2.05) is 48.5 Å². The summed E-state index contributed by atoms with van der Waals surface area (Å²) in [7, 11) is 0. The van der Waals surface area contributed by atoms with Crippen LogP contribution in [0.3, 0.4) is 0 Å². The van der Waals surface area contributed by atoms with Crippen molar-refractivity contribution in [3.63, 3.8) is 0 Å². The first-order chi connectivity index (χ1) is 12.5. The lowest BCUT2D eigenvalue weighted by Crippen LogP contribution is -2.14. The van der Waals surface area contributed by atoms with Crippen molar-refractivity contribution < 1.29 is 4.79 Å². The van der Waals surface area contributed by atoms with E-state index in [0.29, 0.717) is 10.8 Å². The molecule has 0 saturated heterocycles. The third-order valence-electron chi connectivity index (χ3n) is 5.20. The molecule has 1 aliphatic carbocycles. The summed E-state index contributed by atoms with van der Waals surface area (Å²) < 4.78 is 4.44. The van der Waals surface area contributed by atoms with Crippen LogP contribution < -0.4 is 5.32 Å². The fraction of sp³-hybridized carbons (Fsp3) is 0.273. The van der Waals surface area contributed by atoms with Gasteiger partial charge in [0.15, 0.2) is 0 Å². The van der Waals surface area contributed by atoms with Crippen LogP contribution >= 0.6 is 11.5 Å². The molecule has 1 atom stereocenters. The fourth-order valence-corrected chi connectivity index (χ4v) is 4.74. The Labute approximate surface area is 158 Å². The summed E-state index contributed by atoms with van der Waals surface area (Å²) in [6, 6.07) is 18.0. The lowest BCUT2D eigenvalue weighted by atomic mass is 9.86. The molecule has 0 aliphatic heterocycles. The standard InChI is InChI=1S/C22H22N2OS/c1-14-13-22(2,3)16-10-7-11-17(20(14)16)23-21(25)19-12-18(24-26-19)15-8-5-4-6-9-15/h4-12,14H,13H2,1-3H3,(H,23,25). The molecule has 4 rings (SSSR count). The van der Waals surface area contributed by atoms with Crippen molar-refractivity contribution in [2.45, 2.75) is 38.5 Å². The van der Waals surface area contributed by atoms with E-state index in [9.17, 15) is 4.79 Å². The Balaban J connectivity index is 1.61. The quantitative estimate of drug-likeness (QED) is 0.635. The largest absolute Gasteiger partial charge is 0.321 e. The van der Waals surface area contributed by atoms with Crippen molar-refractivity contribution in [2.75, 3.05) is 5.32 Å². The Morgan fingerprint density at radius 3 is 2.69 bits per heavy atom. The van der Waals surface area contributed by atoms with Gasteiger partial charge in [-0.2, -0.15) is 4.37 Å². The maximum atomic E-state index is 12.8. The van der Waals surface area contributed by atoms with Crippen LogP contribution in [0.15, 0.2) is 54.6 Å². The molecule has 0 bridgehead atoms. The number of hydrogen-bond donors (Lipinski definition) is 1. The zero-order valence-corrected chi connectivity index (χ0v) is 16.1. The van der Waals surface area contributed by atoms with Crippen LogP contribution in [0.5, 0.6) is 0 Å². The van der Waals surface area contributed by atoms with E-state index in [2.05, 4.69) is 36.5 Å². The number of nitrogens with one attached hydrogen (secondary N) is 1. The minimum absolute atomic E-state index is 0.0880. The van der Waals surface area contributed by atoms with Gasteiger partial charge in [-0.1, -0.05) is 63.2 Å². The molecule has 1 aliphatic rings. The highest BCUT2D eigenvalue weighted by Crippen LogP contribution is 2.48. The van der Waals surface area contributed by atoms with E-state index in [0.717, 1.165) is 23.4 Å². The van der Waals surface area contributed by atoms with Crippen molar-refractivity contribution in [1.82, 2.24) is 4.37 Å². The first-order valence-corrected chi connectivity index (χ1v) is 9.70. The molecule has 0 radical (unpaired) electrons. The highest BCUT2D eigenvalue weighted by atomic mass is 32.1. The second-order valence-corrected chi connectivity index (χ2v) is 8.46. The summed E-state index contributed by atoms with van der Waals surface area (Å²) >= 11 is 1.24. The van der Waals surface area contributed by atoms with Gasteiger partial charge < -0.3 is 5.32 Å². The number of rotatable bonds is 3. The first kappa shape index (κ1) is 17.0. The summed E-state index contributed by atoms with van der Waals surface area (Å²) in [5.41, 5.74) is 5.57. The van der Waals surface area contributed by atoms with Crippen LogP contribution in [0.25, 0.3) is 11.3 Å². The predicted octanol–water partition coefficient (Wildman–Crippen LogP) is 5.85. The second-order valence-electron chi connectivity index (χ2n) is 7.65. The van der Waals surface area contributed by atoms with Gasteiger partial charge >= 0.3 is 0 Å². The number of fused-ring (bicyclic) bond motifs is 1. The Bertz CT molecular complexity index is 959.